The maximum atomic E-state index is 14.0. The molecule has 1 unspecified atom stereocenters. The summed E-state index contributed by atoms with van der Waals surface area (Å²) in [4.78, 5) is 12.1. The molecule has 11 heteroatoms. The van der Waals surface area contributed by atoms with E-state index in [4.69, 9.17) is 9.47 Å². The summed E-state index contributed by atoms with van der Waals surface area (Å²) in [6.07, 6.45) is 7.24. The zero-order chi connectivity index (χ0) is 27.1. The summed E-state index contributed by atoms with van der Waals surface area (Å²) >= 11 is 0. The highest BCUT2D eigenvalue weighted by Crippen LogP contribution is 2.41. The van der Waals surface area contributed by atoms with Gasteiger partial charge in [-0.2, -0.15) is 0 Å². The predicted molar refractivity (Wildman–Crippen MR) is 136 cm³/mol. The summed E-state index contributed by atoms with van der Waals surface area (Å²) < 4.78 is 54.6. The van der Waals surface area contributed by atoms with Crippen molar-refractivity contribution in [1.82, 2.24) is 0 Å². The van der Waals surface area contributed by atoms with Gasteiger partial charge in [0.05, 0.1) is 24.5 Å². The highest BCUT2D eigenvalue weighted by atomic mass is 32.2. The molecule has 0 radical (unpaired) electrons. The van der Waals surface area contributed by atoms with Crippen molar-refractivity contribution in [2.24, 2.45) is 0 Å². The fraction of sp³-hybridized carbons (Fsp3) is 0.654. The van der Waals surface area contributed by atoms with E-state index in [1.165, 1.54) is 37.5 Å². The van der Waals surface area contributed by atoms with Crippen molar-refractivity contribution in [2.45, 2.75) is 94.4 Å². The average Bonchev–Trinajstić information content (AvgIpc) is 3.21. The van der Waals surface area contributed by atoms with E-state index in [1.54, 1.807) is 0 Å². The number of carbonyl (C=O) groups is 1. The van der Waals surface area contributed by atoms with Gasteiger partial charge < -0.3 is 24.8 Å². The molecule has 0 aromatic heterocycles. The number of rotatable bonds is 14. The molecule has 2 aliphatic rings. The molecule has 0 bridgehead atoms. The second-order valence-corrected chi connectivity index (χ2v) is 11.6. The Kier molecular flexibility index (Phi) is 10.5. The van der Waals surface area contributed by atoms with Crippen LogP contribution in [0.5, 0.6) is 0 Å². The Hall–Kier alpha value is -2.05. The number of aliphatic hydroxyl groups excluding tert-OH is 2. The van der Waals surface area contributed by atoms with Crippen molar-refractivity contribution in [3.8, 4) is 0 Å². The zero-order valence-electron chi connectivity index (χ0n) is 21.2. The Labute approximate surface area is 217 Å². The Balaban J connectivity index is 1.75. The van der Waals surface area contributed by atoms with Crippen LogP contribution in [0.15, 0.2) is 29.8 Å². The van der Waals surface area contributed by atoms with Crippen molar-refractivity contribution in [2.75, 3.05) is 17.9 Å². The number of hydrogen-bond donors (Lipinski definition) is 4. The van der Waals surface area contributed by atoms with E-state index in [1.807, 2.05) is 0 Å². The normalized spacial score (nSPS) is 23.2. The molecular formula is C26H38FNO8S. The van der Waals surface area contributed by atoms with Gasteiger partial charge in [-0.05, 0) is 49.1 Å². The number of anilines is 1. The van der Waals surface area contributed by atoms with Crippen molar-refractivity contribution in [3.05, 3.63) is 41.2 Å². The first-order valence-electron chi connectivity index (χ1n) is 13.0. The molecule has 1 aromatic carbocycles. The molecule has 9 nitrogen and oxygen atoms in total. The van der Waals surface area contributed by atoms with Gasteiger partial charge in [0.1, 0.15) is 23.3 Å². The highest BCUT2D eigenvalue weighted by Gasteiger charge is 2.51. The van der Waals surface area contributed by atoms with Crippen LogP contribution in [0.4, 0.5) is 10.1 Å². The van der Waals surface area contributed by atoms with Crippen LogP contribution in [0.25, 0.3) is 0 Å². The number of halogens is 1. The minimum Gasteiger partial charge on any atom is -0.478 e. The SMILES string of the molecule is CCCCCCCCCc1cc(F)ccc1NS(=O)(=O)C1CCC2(C=C1C(=O)O)O[C@H](CO)[C@@H](CO)O2. The Bertz CT molecular complexity index is 1050. The van der Waals surface area contributed by atoms with Crippen LogP contribution < -0.4 is 4.72 Å². The first-order chi connectivity index (χ1) is 17.6. The maximum absolute atomic E-state index is 14.0. The number of aryl methyl sites for hydroxylation is 1. The Morgan fingerprint density at radius 2 is 1.70 bits per heavy atom. The molecule has 1 aliphatic carbocycles. The number of aliphatic carboxylic acids is 1. The van der Waals surface area contributed by atoms with E-state index >= 15 is 0 Å². The summed E-state index contributed by atoms with van der Waals surface area (Å²) in [6.45, 7) is 1.26. The maximum Gasteiger partial charge on any atom is 0.332 e. The fourth-order valence-electron chi connectivity index (χ4n) is 4.96. The lowest BCUT2D eigenvalue weighted by atomic mass is 9.94. The lowest BCUT2D eigenvalue weighted by Crippen LogP contribution is -2.42. The van der Waals surface area contributed by atoms with Crippen LogP contribution in [0.3, 0.4) is 0 Å². The van der Waals surface area contributed by atoms with Gasteiger partial charge in [-0.1, -0.05) is 45.4 Å². The van der Waals surface area contributed by atoms with E-state index in [0.717, 1.165) is 31.8 Å². The second-order valence-electron chi connectivity index (χ2n) is 9.74. The first-order valence-corrected chi connectivity index (χ1v) is 14.5. The molecule has 1 aliphatic heterocycles. The standard InChI is InChI=1S/C26H38FNO8S/c1-2-3-4-5-6-7-8-9-18-14-19(27)10-11-21(18)28-37(33,34)24-12-13-26(15-20(24)25(31)32)35-22(16-29)23(17-30)36-26/h10-11,14-15,22-24,28-30H,2-9,12-13,16-17H2,1H3,(H,31,32)/t22-,23-,24?/m1/s1. The van der Waals surface area contributed by atoms with E-state index in [9.17, 15) is 32.9 Å². The summed E-state index contributed by atoms with van der Waals surface area (Å²) in [7, 11) is -4.23. The van der Waals surface area contributed by atoms with Gasteiger partial charge in [0.25, 0.3) is 0 Å². The minimum absolute atomic E-state index is 0.0106. The van der Waals surface area contributed by atoms with Crippen LogP contribution in [0.1, 0.15) is 70.3 Å². The van der Waals surface area contributed by atoms with Gasteiger partial charge >= 0.3 is 5.97 Å². The molecule has 3 rings (SSSR count). The highest BCUT2D eigenvalue weighted by molar-refractivity contribution is 7.93. The largest absolute Gasteiger partial charge is 0.478 e. The average molecular weight is 544 g/mol. The van der Waals surface area contributed by atoms with Gasteiger partial charge in [-0.15, -0.1) is 0 Å². The first kappa shape index (κ1) is 29.5. The van der Waals surface area contributed by atoms with Gasteiger partial charge in [-0.25, -0.2) is 17.6 Å². The number of ether oxygens (including phenoxy) is 2. The molecule has 4 N–H and O–H groups in total. The molecule has 1 heterocycles. The molecule has 1 spiro atoms. The van der Waals surface area contributed by atoms with Crippen LogP contribution in [0, 0.1) is 5.82 Å². The van der Waals surface area contributed by atoms with E-state index in [2.05, 4.69) is 11.6 Å². The van der Waals surface area contributed by atoms with Crippen LogP contribution in [-0.2, 0) is 30.7 Å². The number of aliphatic hydroxyl groups is 2. The number of benzene rings is 1. The number of carboxylic acids is 1. The lowest BCUT2D eigenvalue weighted by Gasteiger charge is -2.33. The van der Waals surface area contributed by atoms with Crippen molar-refractivity contribution < 1.29 is 42.4 Å². The third-order valence-electron chi connectivity index (χ3n) is 6.94. The summed E-state index contributed by atoms with van der Waals surface area (Å²) in [5.74, 6) is -3.46. The van der Waals surface area contributed by atoms with Gasteiger partial charge in [0, 0.05) is 6.42 Å². The molecule has 208 valence electrons. The molecule has 0 saturated carbocycles. The Morgan fingerprint density at radius 1 is 1.08 bits per heavy atom. The molecule has 37 heavy (non-hydrogen) atoms. The number of nitrogens with one attached hydrogen (secondary N) is 1. The van der Waals surface area contributed by atoms with E-state index < -0.39 is 63.8 Å². The van der Waals surface area contributed by atoms with Crippen molar-refractivity contribution in [3.63, 3.8) is 0 Å². The third-order valence-corrected chi connectivity index (χ3v) is 8.69. The van der Waals surface area contributed by atoms with Crippen LogP contribution in [0.2, 0.25) is 0 Å². The van der Waals surface area contributed by atoms with Gasteiger partial charge in [0.2, 0.25) is 10.0 Å². The van der Waals surface area contributed by atoms with Gasteiger partial charge in [0.15, 0.2) is 5.79 Å². The lowest BCUT2D eigenvalue weighted by molar-refractivity contribution is -0.153. The summed E-state index contributed by atoms with van der Waals surface area (Å²) in [5.41, 5.74) is 0.320. The monoisotopic (exact) mass is 543 g/mol. The molecule has 0 amide bonds. The molecule has 1 aromatic rings. The molecule has 3 atom stereocenters. The second kappa shape index (κ2) is 13.1. The number of sulfonamides is 1. The van der Waals surface area contributed by atoms with E-state index in [-0.39, 0.29) is 18.5 Å². The van der Waals surface area contributed by atoms with Crippen LogP contribution in [-0.4, -0.2) is 66.2 Å². The fourth-order valence-corrected chi connectivity index (χ4v) is 6.54. The van der Waals surface area contributed by atoms with Gasteiger partial charge in [-0.3, -0.25) is 4.72 Å². The summed E-state index contributed by atoms with van der Waals surface area (Å²) in [5, 5.41) is 27.4. The topological polar surface area (TPSA) is 142 Å². The quantitative estimate of drug-likeness (QED) is 0.261. The molecule has 1 saturated heterocycles. The molecular weight excluding hydrogens is 505 g/mol. The number of carboxylic acid groups (broad SMARTS) is 1. The zero-order valence-corrected chi connectivity index (χ0v) is 22.0. The Morgan fingerprint density at radius 3 is 2.30 bits per heavy atom. The predicted octanol–water partition coefficient (Wildman–Crippen LogP) is 3.50. The van der Waals surface area contributed by atoms with Crippen molar-refractivity contribution in [1.29, 1.82) is 0 Å². The third kappa shape index (κ3) is 7.51. The van der Waals surface area contributed by atoms with Crippen molar-refractivity contribution >= 4 is 21.7 Å². The molecule has 1 fully saturated rings. The number of unbranched alkanes of at least 4 members (excludes halogenated alkanes) is 6. The van der Waals surface area contributed by atoms with E-state index in [0.29, 0.717) is 12.0 Å². The smallest absolute Gasteiger partial charge is 0.332 e. The van der Waals surface area contributed by atoms with Crippen LogP contribution >= 0.6 is 0 Å². The number of hydrogen-bond acceptors (Lipinski definition) is 7. The summed E-state index contributed by atoms with van der Waals surface area (Å²) in [6, 6.07) is 3.84. The minimum atomic E-state index is -4.23.